The average Bonchev–Trinajstić information content (AvgIpc) is 2.66. The van der Waals surface area contributed by atoms with E-state index in [2.05, 4.69) is 43.9 Å². The fourth-order valence-electron chi connectivity index (χ4n) is 4.29. The Labute approximate surface area is 129 Å². The molecule has 3 rings (SSSR count). The number of fused-ring (bicyclic) bond motifs is 1. The molecule has 1 aliphatic carbocycles. The van der Waals surface area contributed by atoms with E-state index in [0.717, 1.165) is 11.6 Å². The standard InChI is InChI=1S/C19H30N2/c1-19(2,3)15-5-4-11-21(12-10-15)18-9-6-14-13-16(20)7-8-17(14)18/h7-8,13,15,18H,4-6,9-12,20H2,1-3H3. The topological polar surface area (TPSA) is 29.3 Å². The number of rotatable bonds is 1. The molecule has 0 spiro atoms. The second kappa shape index (κ2) is 5.64. The first-order valence-electron chi connectivity index (χ1n) is 8.57. The van der Waals surface area contributed by atoms with E-state index in [-0.39, 0.29) is 0 Å². The first-order valence-corrected chi connectivity index (χ1v) is 8.57. The van der Waals surface area contributed by atoms with Crippen molar-refractivity contribution >= 4 is 5.69 Å². The van der Waals surface area contributed by atoms with Crippen LogP contribution in [-0.2, 0) is 6.42 Å². The predicted molar refractivity (Wildman–Crippen MR) is 90.3 cm³/mol. The monoisotopic (exact) mass is 286 g/mol. The molecule has 0 saturated carbocycles. The Kier molecular flexibility index (Phi) is 4.00. The summed E-state index contributed by atoms with van der Waals surface area (Å²) in [4.78, 5) is 2.74. The summed E-state index contributed by atoms with van der Waals surface area (Å²) in [5.41, 5.74) is 10.3. The Morgan fingerprint density at radius 2 is 1.90 bits per heavy atom. The maximum Gasteiger partial charge on any atom is 0.0354 e. The number of anilines is 1. The summed E-state index contributed by atoms with van der Waals surface area (Å²) in [5.74, 6) is 0.870. The summed E-state index contributed by atoms with van der Waals surface area (Å²) >= 11 is 0. The number of hydrogen-bond donors (Lipinski definition) is 1. The van der Waals surface area contributed by atoms with Crippen LogP contribution in [-0.4, -0.2) is 18.0 Å². The van der Waals surface area contributed by atoms with E-state index >= 15 is 0 Å². The molecule has 1 aromatic rings. The first kappa shape index (κ1) is 14.9. The van der Waals surface area contributed by atoms with Gasteiger partial charge in [-0.2, -0.15) is 0 Å². The van der Waals surface area contributed by atoms with Gasteiger partial charge in [0, 0.05) is 11.7 Å². The van der Waals surface area contributed by atoms with Crippen molar-refractivity contribution in [1.82, 2.24) is 4.90 Å². The Morgan fingerprint density at radius 3 is 2.67 bits per heavy atom. The minimum atomic E-state index is 0.456. The molecule has 2 unspecified atom stereocenters. The van der Waals surface area contributed by atoms with E-state index in [1.54, 1.807) is 5.56 Å². The zero-order chi connectivity index (χ0) is 15.0. The van der Waals surface area contributed by atoms with E-state index in [1.807, 2.05) is 0 Å². The van der Waals surface area contributed by atoms with E-state index in [1.165, 1.54) is 50.8 Å². The van der Waals surface area contributed by atoms with Crippen molar-refractivity contribution < 1.29 is 0 Å². The molecule has 1 aliphatic heterocycles. The predicted octanol–water partition coefficient (Wildman–Crippen LogP) is 4.40. The molecule has 0 radical (unpaired) electrons. The Bertz CT molecular complexity index is 501. The van der Waals surface area contributed by atoms with Crippen molar-refractivity contribution in [2.24, 2.45) is 11.3 Å². The van der Waals surface area contributed by atoms with Gasteiger partial charge in [0.2, 0.25) is 0 Å². The van der Waals surface area contributed by atoms with Gasteiger partial charge >= 0.3 is 0 Å². The van der Waals surface area contributed by atoms with Gasteiger partial charge in [0.25, 0.3) is 0 Å². The molecule has 2 nitrogen and oxygen atoms in total. The van der Waals surface area contributed by atoms with Crippen molar-refractivity contribution in [3.63, 3.8) is 0 Å². The second-order valence-electron chi connectivity index (χ2n) is 8.04. The summed E-state index contributed by atoms with van der Waals surface area (Å²) in [7, 11) is 0. The van der Waals surface area contributed by atoms with Crippen LogP contribution in [0.25, 0.3) is 0 Å². The third-order valence-electron chi connectivity index (χ3n) is 5.64. The zero-order valence-corrected chi connectivity index (χ0v) is 13.9. The van der Waals surface area contributed by atoms with Gasteiger partial charge in [-0.15, -0.1) is 0 Å². The van der Waals surface area contributed by atoms with Crippen LogP contribution in [0.2, 0.25) is 0 Å². The number of nitrogens with zero attached hydrogens (tertiary/aromatic N) is 1. The van der Waals surface area contributed by atoms with Crippen molar-refractivity contribution in [2.45, 2.75) is 58.9 Å². The summed E-state index contributed by atoms with van der Waals surface area (Å²) in [6.45, 7) is 9.74. The smallest absolute Gasteiger partial charge is 0.0354 e. The van der Waals surface area contributed by atoms with Crippen LogP contribution in [0.5, 0.6) is 0 Å². The lowest BCUT2D eigenvalue weighted by atomic mass is 9.77. The maximum atomic E-state index is 5.93. The van der Waals surface area contributed by atoms with Crippen molar-refractivity contribution in [2.75, 3.05) is 18.8 Å². The minimum Gasteiger partial charge on any atom is -0.399 e. The summed E-state index contributed by atoms with van der Waals surface area (Å²) in [5, 5.41) is 0. The SMILES string of the molecule is CC(C)(C)C1CCCN(C2CCc3cc(N)ccc32)CC1. The summed E-state index contributed by atoms with van der Waals surface area (Å²) in [6, 6.07) is 7.17. The maximum absolute atomic E-state index is 5.93. The number of benzene rings is 1. The van der Waals surface area contributed by atoms with E-state index in [0.29, 0.717) is 11.5 Å². The van der Waals surface area contributed by atoms with Crippen LogP contribution < -0.4 is 5.73 Å². The molecule has 2 atom stereocenters. The van der Waals surface area contributed by atoms with Crippen molar-refractivity contribution in [3.8, 4) is 0 Å². The lowest BCUT2D eigenvalue weighted by Gasteiger charge is -2.31. The van der Waals surface area contributed by atoms with Crippen LogP contribution in [0.3, 0.4) is 0 Å². The highest BCUT2D eigenvalue weighted by Gasteiger charge is 2.32. The first-order chi connectivity index (χ1) is 9.95. The van der Waals surface area contributed by atoms with Gasteiger partial charge in [-0.25, -0.2) is 0 Å². The third-order valence-corrected chi connectivity index (χ3v) is 5.64. The molecule has 1 aromatic carbocycles. The molecule has 0 amide bonds. The average molecular weight is 286 g/mol. The Morgan fingerprint density at radius 1 is 1.10 bits per heavy atom. The Hall–Kier alpha value is -1.02. The number of nitrogen functional groups attached to an aromatic ring is 1. The number of likely N-dealkylation sites (tertiary alicyclic amines) is 1. The minimum absolute atomic E-state index is 0.456. The molecule has 1 fully saturated rings. The van der Waals surface area contributed by atoms with Crippen LogP contribution in [0.1, 0.15) is 63.6 Å². The highest BCUT2D eigenvalue weighted by Crippen LogP contribution is 2.40. The van der Waals surface area contributed by atoms with Gasteiger partial charge in [-0.05, 0) is 79.8 Å². The third kappa shape index (κ3) is 3.11. The van der Waals surface area contributed by atoms with Crippen LogP contribution in [0.4, 0.5) is 5.69 Å². The van der Waals surface area contributed by atoms with Crippen LogP contribution in [0, 0.1) is 11.3 Å². The lowest BCUT2D eigenvalue weighted by Crippen LogP contribution is -2.29. The summed E-state index contributed by atoms with van der Waals surface area (Å²) < 4.78 is 0. The normalized spacial score (nSPS) is 27.4. The summed E-state index contributed by atoms with van der Waals surface area (Å²) in [6.07, 6.45) is 6.57. The van der Waals surface area contributed by atoms with Gasteiger partial charge in [-0.1, -0.05) is 26.8 Å². The molecule has 1 heterocycles. The largest absolute Gasteiger partial charge is 0.399 e. The van der Waals surface area contributed by atoms with E-state index < -0.39 is 0 Å². The highest BCUT2D eigenvalue weighted by atomic mass is 15.2. The van der Waals surface area contributed by atoms with Crippen molar-refractivity contribution in [3.05, 3.63) is 29.3 Å². The van der Waals surface area contributed by atoms with Gasteiger partial charge in [0.1, 0.15) is 0 Å². The number of nitrogens with two attached hydrogens (primary N) is 1. The molecule has 0 aromatic heterocycles. The van der Waals surface area contributed by atoms with Crippen LogP contribution >= 0.6 is 0 Å². The molecule has 2 N–H and O–H groups in total. The highest BCUT2D eigenvalue weighted by molar-refractivity contribution is 5.47. The van der Waals surface area contributed by atoms with E-state index in [4.69, 9.17) is 5.73 Å². The number of hydrogen-bond acceptors (Lipinski definition) is 2. The fraction of sp³-hybridized carbons (Fsp3) is 0.684. The second-order valence-corrected chi connectivity index (χ2v) is 8.04. The quantitative estimate of drug-likeness (QED) is 0.775. The number of aryl methyl sites for hydroxylation is 1. The Balaban J connectivity index is 1.72. The molecule has 116 valence electrons. The van der Waals surface area contributed by atoms with Crippen LogP contribution in [0.15, 0.2) is 18.2 Å². The van der Waals surface area contributed by atoms with E-state index in [9.17, 15) is 0 Å². The molecule has 21 heavy (non-hydrogen) atoms. The fourth-order valence-corrected chi connectivity index (χ4v) is 4.29. The molecular weight excluding hydrogens is 256 g/mol. The van der Waals surface area contributed by atoms with Gasteiger partial charge < -0.3 is 5.73 Å². The van der Waals surface area contributed by atoms with Crippen molar-refractivity contribution in [1.29, 1.82) is 0 Å². The van der Waals surface area contributed by atoms with Gasteiger partial charge in [-0.3, -0.25) is 4.90 Å². The molecule has 1 saturated heterocycles. The molecule has 2 heteroatoms. The zero-order valence-electron chi connectivity index (χ0n) is 13.9. The van der Waals surface area contributed by atoms with Gasteiger partial charge in [0.15, 0.2) is 0 Å². The lowest BCUT2D eigenvalue weighted by molar-refractivity contribution is 0.182. The molecule has 0 bridgehead atoms. The molecular formula is C19H30N2. The molecule has 2 aliphatic rings. The van der Waals surface area contributed by atoms with Gasteiger partial charge in [0.05, 0.1) is 0 Å².